The minimum atomic E-state index is -0.0444. The second-order valence-corrected chi connectivity index (χ2v) is 5.77. The first-order chi connectivity index (χ1) is 12.7. The van der Waals surface area contributed by atoms with Crippen molar-refractivity contribution >= 4 is 11.9 Å². The van der Waals surface area contributed by atoms with E-state index in [-0.39, 0.29) is 5.78 Å². The molecule has 0 aliphatic rings. The molecule has 3 aromatic rings. The average molecular weight is 344 g/mol. The molecular weight excluding hydrogens is 324 g/mol. The molecule has 0 heterocycles. The van der Waals surface area contributed by atoms with Gasteiger partial charge >= 0.3 is 0 Å². The summed E-state index contributed by atoms with van der Waals surface area (Å²) >= 11 is 0. The van der Waals surface area contributed by atoms with Crippen LogP contribution >= 0.6 is 0 Å². The summed E-state index contributed by atoms with van der Waals surface area (Å²) in [5.74, 6) is 1.49. The van der Waals surface area contributed by atoms with E-state index in [4.69, 9.17) is 9.47 Å². The summed E-state index contributed by atoms with van der Waals surface area (Å²) in [6.45, 7) is 0.534. The van der Waals surface area contributed by atoms with Gasteiger partial charge in [0.1, 0.15) is 18.1 Å². The van der Waals surface area contributed by atoms with Crippen LogP contribution in [0, 0.1) is 0 Å². The molecule has 3 aromatic carbocycles. The van der Waals surface area contributed by atoms with Crippen molar-refractivity contribution < 1.29 is 14.3 Å². The number of hydrogen-bond donors (Lipinski definition) is 0. The van der Waals surface area contributed by atoms with Gasteiger partial charge in [0.2, 0.25) is 0 Å². The Morgan fingerprint density at radius 1 is 0.846 bits per heavy atom. The number of carbonyl (C=O) groups is 1. The van der Waals surface area contributed by atoms with E-state index in [0.29, 0.717) is 12.2 Å². The predicted molar refractivity (Wildman–Crippen MR) is 104 cm³/mol. The minimum absolute atomic E-state index is 0.0444. The molecule has 0 unspecified atom stereocenters. The standard InChI is InChI=1S/C23H20O3/c1-25-21-14-10-20(11-15-21)23(24)16-9-18-7-12-22(13-8-18)26-17-19-5-3-2-4-6-19/h2-16H,17H2,1H3/b16-9+. The molecule has 0 spiro atoms. The molecule has 0 saturated heterocycles. The van der Waals surface area contributed by atoms with E-state index in [9.17, 15) is 4.79 Å². The molecule has 0 aliphatic heterocycles. The van der Waals surface area contributed by atoms with Crippen LogP contribution in [0.1, 0.15) is 21.5 Å². The number of ether oxygens (including phenoxy) is 2. The van der Waals surface area contributed by atoms with Crippen LogP contribution in [0.5, 0.6) is 11.5 Å². The highest BCUT2D eigenvalue weighted by Crippen LogP contribution is 2.16. The number of benzene rings is 3. The SMILES string of the molecule is COc1ccc(C(=O)/C=C/c2ccc(OCc3ccccc3)cc2)cc1. The highest BCUT2D eigenvalue weighted by molar-refractivity contribution is 6.06. The maximum Gasteiger partial charge on any atom is 0.185 e. The Labute approximate surface area is 153 Å². The second-order valence-electron chi connectivity index (χ2n) is 5.77. The molecule has 0 bridgehead atoms. The molecule has 3 heteroatoms. The van der Waals surface area contributed by atoms with Crippen LogP contribution in [-0.2, 0) is 6.61 Å². The zero-order chi connectivity index (χ0) is 18.2. The third-order valence-corrected chi connectivity index (χ3v) is 3.93. The van der Waals surface area contributed by atoms with E-state index in [1.54, 1.807) is 43.5 Å². The van der Waals surface area contributed by atoms with Gasteiger partial charge in [-0.3, -0.25) is 4.79 Å². The van der Waals surface area contributed by atoms with E-state index >= 15 is 0 Å². The Kier molecular flexibility index (Phi) is 5.84. The number of allylic oxidation sites excluding steroid dienone is 1. The van der Waals surface area contributed by atoms with E-state index in [1.807, 2.05) is 54.6 Å². The van der Waals surface area contributed by atoms with Gasteiger partial charge in [0, 0.05) is 5.56 Å². The monoisotopic (exact) mass is 344 g/mol. The van der Waals surface area contributed by atoms with Crippen molar-refractivity contribution in [2.75, 3.05) is 7.11 Å². The first-order valence-corrected chi connectivity index (χ1v) is 8.38. The Bertz CT molecular complexity index is 864. The third-order valence-electron chi connectivity index (χ3n) is 3.93. The highest BCUT2D eigenvalue weighted by atomic mass is 16.5. The molecule has 130 valence electrons. The van der Waals surface area contributed by atoms with Crippen molar-refractivity contribution in [2.24, 2.45) is 0 Å². The van der Waals surface area contributed by atoms with Gasteiger partial charge in [-0.2, -0.15) is 0 Å². The fraction of sp³-hybridized carbons (Fsp3) is 0.0870. The van der Waals surface area contributed by atoms with Crippen LogP contribution in [0.15, 0.2) is 84.9 Å². The lowest BCUT2D eigenvalue weighted by atomic mass is 10.1. The fourth-order valence-corrected chi connectivity index (χ4v) is 2.44. The van der Waals surface area contributed by atoms with Gasteiger partial charge in [0.15, 0.2) is 5.78 Å². The predicted octanol–water partition coefficient (Wildman–Crippen LogP) is 5.17. The Morgan fingerprint density at radius 3 is 2.15 bits per heavy atom. The first kappa shape index (κ1) is 17.5. The summed E-state index contributed by atoms with van der Waals surface area (Å²) in [4.78, 5) is 12.2. The Morgan fingerprint density at radius 2 is 1.50 bits per heavy atom. The normalized spacial score (nSPS) is 10.7. The lowest BCUT2D eigenvalue weighted by Crippen LogP contribution is -1.95. The van der Waals surface area contributed by atoms with Gasteiger partial charge in [-0.05, 0) is 53.6 Å². The van der Waals surface area contributed by atoms with Gasteiger partial charge in [0.05, 0.1) is 7.11 Å². The van der Waals surface area contributed by atoms with Crippen molar-refractivity contribution in [1.29, 1.82) is 0 Å². The molecule has 0 radical (unpaired) electrons. The van der Waals surface area contributed by atoms with Crippen molar-refractivity contribution in [2.45, 2.75) is 6.61 Å². The van der Waals surface area contributed by atoms with Gasteiger partial charge in [0.25, 0.3) is 0 Å². The number of methoxy groups -OCH3 is 1. The maximum absolute atomic E-state index is 12.2. The molecular formula is C23H20O3. The molecule has 0 atom stereocenters. The largest absolute Gasteiger partial charge is 0.497 e. The van der Waals surface area contributed by atoms with Crippen LogP contribution in [0.2, 0.25) is 0 Å². The second kappa shape index (κ2) is 8.67. The Balaban J connectivity index is 1.57. The van der Waals surface area contributed by atoms with E-state index in [0.717, 1.165) is 22.6 Å². The van der Waals surface area contributed by atoms with Gasteiger partial charge in [-0.15, -0.1) is 0 Å². The zero-order valence-corrected chi connectivity index (χ0v) is 14.6. The quantitative estimate of drug-likeness (QED) is 0.438. The number of ketones is 1. The van der Waals surface area contributed by atoms with Crippen molar-refractivity contribution in [3.8, 4) is 11.5 Å². The molecule has 0 N–H and O–H groups in total. The van der Waals surface area contributed by atoms with E-state index in [1.165, 1.54) is 0 Å². The van der Waals surface area contributed by atoms with Gasteiger partial charge in [-0.25, -0.2) is 0 Å². The molecule has 0 amide bonds. The highest BCUT2D eigenvalue weighted by Gasteiger charge is 2.02. The molecule has 0 aromatic heterocycles. The van der Waals surface area contributed by atoms with Crippen LogP contribution in [0.3, 0.4) is 0 Å². The van der Waals surface area contributed by atoms with Gasteiger partial charge < -0.3 is 9.47 Å². The molecule has 26 heavy (non-hydrogen) atoms. The van der Waals surface area contributed by atoms with E-state index in [2.05, 4.69) is 0 Å². The van der Waals surface area contributed by atoms with Crippen molar-refractivity contribution in [1.82, 2.24) is 0 Å². The molecule has 3 rings (SSSR count). The van der Waals surface area contributed by atoms with Crippen LogP contribution in [0.25, 0.3) is 6.08 Å². The fourth-order valence-electron chi connectivity index (χ4n) is 2.44. The number of carbonyl (C=O) groups excluding carboxylic acids is 1. The molecule has 0 saturated carbocycles. The van der Waals surface area contributed by atoms with E-state index < -0.39 is 0 Å². The first-order valence-electron chi connectivity index (χ1n) is 8.38. The minimum Gasteiger partial charge on any atom is -0.497 e. The summed E-state index contributed by atoms with van der Waals surface area (Å²) in [6.07, 6.45) is 3.37. The van der Waals surface area contributed by atoms with Gasteiger partial charge in [-0.1, -0.05) is 48.5 Å². The molecule has 0 aliphatic carbocycles. The smallest absolute Gasteiger partial charge is 0.185 e. The summed E-state index contributed by atoms with van der Waals surface area (Å²) < 4.78 is 10.9. The van der Waals surface area contributed by atoms with Crippen LogP contribution in [-0.4, -0.2) is 12.9 Å². The van der Waals surface area contributed by atoms with Crippen molar-refractivity contribution in [3.05, 3.63) is 102 Å². The molecule has 0 fully saturated rings. The summed E-state index contributed by atoms with van der Waals surface area (Å²) in [5.41, 5.74) is 2.70. The summed E-state index contributed by atoms with van der Waals surface area (Å²) in [6, 6.07) is 24.8. The lowest BCUT2D eigenvalue weighted by molar-refractivity contribution is 0.104. The van der Waals surface area contributed by atoms with Crippen molar-refractivity contribution in [3.63, 3.8) is 0 Å². The summed E-state index contributed by atoms with van der Waals surface area (Å²) in [7, 11) is 1.60. The molecule has 3 nitrogen and oxygen atoms in total. The third kappa shape index (κ3) is 4.84. The Hall–Kier alpha value is -3.33. The summed E-state index contributed by atoms with van der Waals surface area (Å²) in [5, 5.41) is 0. The lowest BCUT2D eigenvalue weighted by Gasteiger charge is -2.06. The number of hydrogen-bond acceptors (Lipinski definition) is 3. The number of rotatable bonds is 7. The topological polar surface area (TPSA) is 35.5 Å². The van der Waals surface area contributed by atoms with Crippen LogP contribution < -0.4 is 9.47 Å². The zero-order valence-electron chi connectivity index (χ0n) is 14.6. The maximum atomic E-state index is 12.2. The van der Waals surface area contributed by atoms with Crippen LogP contribution in [0.4, 0.5) is 0 Å². The average Bonchev–Trinajstić information content (AvgIpc) is 2.72.